The van der Waals surface area contributed by atoms with E-state index in [1.54, 1.807) is 4.90 Å². The van der Waals surface area contributed by atoms with E-state index >= 15 is 0 Å². The van der Waals surface area contributed by atoms with Crippen molar-refractivity contribution in [1.29, 1.82) is 0 Å². The normalized spacial score (nSPS) is 18.1. The monoisotopic (exact) mass is 305 g/mol. The molecule has 7 heteroatoms. The van der Waals surface area contributed by atoms with Crippen LogP contribution < -0.4 is 10.2 Å². The predicted octanol–water partition coefficient (Wildman–Crippen LogP) is 2.07. The summed E-state index contributed by atoms with van der Waals surface area (Å²) in [6, 6.07) is 3.90. The van der Waals surface area contributed by atoms with Gasteiger partial charge in [-0.15, -0.1) is 11.3 Å². The Labute approximate surface area is 125 Å². The third kappa shape index (κ3) is 2.69. The second kappa shape index (κ2) is 5.33. The number of amides is 2. The summed E-state index contributed by atoms with van der Waals surface area (Å²) in [5.41, 5.74) is 1.77. The predicted molar refractivity (Wildman–Crippen MR) is 80.7 cm³/mol. The van der Waals surface area contributed by atoms with E-state index in [2.05, 4.69) is 10.3 Å². The number of carbonyl (C=O) groups is 2. The molecule has 0 spiro atoms. The molecule has 0 bridgehead atoms. The maximum Gasteiger partial charge on any atom is 0.414 e. The Morgan fingerprint density at radius 3 is 3.14 bits per heavy atom. The summed E-state index contributed by atoms with van der Waals surface area (Å²) < 4.78 is 5.28. The number of anilines is 1. The van der Waals surface area contributed by atoms with E-state index in [0.29, 0.717) is 13.1 Å². The number of pyridine rings is 1. The second-order valence-corrected chi connectivity index (χ2v) is 5.84. The minimum absolute atomic E-state index is 0.134. The summed E-state index contributed by atoms with van der Waals surface area (Å²) in [5, 5.41) is 5.53. The molecular formula is C14H15N3O3S. The SMILES string of the molecule is CC(=O)NC[C@H]1CN(c2csc3nc(C)ccc23)C(=O)O1. The Morgan fingerprint density at radius 1 is 1.57 bits per heavy atom. The number of nitrogens with zero attached hydrogens (tertiary/aromatic N) is 2. The summed E-state index contributed by atoms with van der Waals surface area (Å²) in [4.78, 5) is 29.9. The molecule has 21 heavy (non-hydrogen) atoms. The quantitative estimate of drug-likeness (QED) is 0.942. The van der Waals surface area contributed by atoms with Crippen molar-refractivity contribution in [3.63, 3.8) is 0 Å². The number of carbonyl (C=O) groups excluding carboxylic acids is 2. The Balaban J connectivity index is 1.82. The zero-order chi connectivity index (χ0) is 15.0. The van der Waals surface area contributed by atoms with Crippen molar-refractivity contribution in [3.8, 4) is 0 Å². The average Bonchev–Trinajstić information content (AvgIpc) is 2.99. The molecule has 0 aromatic carbocycles. The van der Waals surface area contributed by atoms with Crippen LogP contribution in [-0.2, 0) is 9.53 Å². The summed E-state index contributed by atoms with van der Waals surface area (Å²) in [6.45, 7) is 4.14. The topological polar surface area (TPSA) is 71.5 Å². The van der Waals surface area contributed by atoms with Crippen LogP contribution in [0.4, 0.5) is 10.5 Å². The zero-order valence-electron chi connectivity index (χ0n) is 11.8. The van der Waals surface area contributed by atoms with E-state index in [9.17, 15) is 9.59 Å². The fourth-order valence-electron chi connectivity index (χ4n) is 2.28. The fraction of sp³-hybridized carbons (Fsp3) is 0.357. The largest absolute Gasteiger partial charge is 0.442 e. The van der Waals surface area contributed by atoms with Crippen LogP contribution in [0.5, 0.6) is 0 Å². The number of hydrogen-bond donors (Lipinski definition) is 1. The number of fused-ring (bicyclic) bond motifs is 1. The summed E-state index contributed by atoms with van der Waals surface area (Å²) in [5.74, 6) is -0.134. The first kappa shape index (κ1) is 13.8. The number of thiophene rings is 1. The van der Waals surface area contributed by atoms with Crippen molar-refractivity contribution >= 4 is 39.2 Å². The maximum atomic E-state index is 12.0. The van der Waals surface area contributed by atoms with Crippen LogP contribution in [0.2, 0.25) is 0 Å². The molecule has 3 rings (SSSR count). The van der Waals surface area contributed by atoms with Gasteiger partial charge in [0.05, 0.1) is 18.8 Å². The van der Waals surface area contributed by atoms with Crippen LogP contribution in [0.1, 0.15) is 12.6 Å². The van der Waals surface area contributed by atoms with Gasteiger partial charge in [0, 0.05) is 23.4 Å². The number of ether oxygens (including phenoxy) is 1. The van der Waals surface area contributed by atoms with Gasteiger partial charge in [-0.25, -0.2) is 9.78 Å². The Bertz CT molecular complexity index is 713. The van der Waals surface area contributed by atoms with Crippen molar-refractivity contribution < 1.29 is 14.3 Å². The number of nitrogens with one attached hydrogen (secondary N) is 1. The van der Waals surface area contributed by atoms with E-state index in [-0.39, 0.29) is 18.1 Å². The van der Waals surface area contributed by atoms with Gasteiger partial charge in [-0.1, -0.05) is 0 Å². The highest BCUT2D eigenvalue weighted by molar-refractivity contribution is 7.17. The number of rotatable bonds is 3. The third-order valence-corrected chi connectivity index (χ3v) is 4.18. The molecule has 0 aliphatic carbocycles. The van der Waals surface area contributed by atoms with E-state index in [0.717, 1.165) is 21.6 Å². The lowest BCUT2D eigenvalue weighted by atomic mass is 10.2. The van der Waals surface area contributed by atoms with Crippen LogP contribution in [-0.4, -0.2) is 36.2 Å². The fourth-order valence-corrected chi connectivity index (χ4v) is 3.26. The van der Waals surface area contributed by atoms with E-state index in [1.165, 1.54) is 18.3 Å². The molecule has 2 aromatic heterocycles. The molecule has 6 nitrogen and oxygen atoms in total. The molecule has 0 radical (unpaired) electrons. The molecule has 1 aliphatic heterocycles. The van der Waals surface area contributed by atoms with Crippen LogP contribution >= 0.6 is 11.3 Å². The lowest BCUT2D eigenvalue weighted by Gasteiger charge is -2.11. The first-order chi connectivity index (χ1) is 10.0. The molecule has 1 atom stereocenters. The molecule has 1 fully saturated rings. The molecule has 1 aliphatic rings. The van der Waals surface area contributed by atoms with Gasteiger partial charge >= 0.3 is 6.09 Å². The molecular weight excluding hydrogens is 290 g/mol. The maximum absolute atomic E-state index is 12.0. The molecule has 3 heterocycles. The van der Waals surface area contributed by atoms with Gasteiger partial charge in [-0.2, -0.15) is 0 Å². The lowest BCUT2D eigenvalue weighted by molar-refractivity contribution is -0.119. The number of aryl methyl sites for hydroxylation is 1. The first-order valence-corrected chi connectivity index (χ1v) is 7.50. The van der Waals surface area contributed by atoms with Gasteiger partial charge in [-0.05, 0) is 19.1 Å². The van der Waals surface area contributed by atoms with E-state index in [1.807, 2.05) is 24.4 Å². The molecule has 2 aromatic rings. The lowest BCUT2D eigenvalue weighted by Crippen LogP contribution is -2.33. The van der Waals surface area contributed by atoms with Crippen LogP contribution in [0.25, 0.3) is 10.2 Å². The van der Waals surface area contributed by atoms with Gasteiger partial charge in [0.1, 0.15) is 10.9 Å². The highest BCUT2D eigenvalue weighted by Crippen LogP contribution is 2.34. The van der Waals surface area contributed by atoms with Gasteiger partial charge in [-0.3, -0.25) is 9.69 Å². The van der Waals surface area contributed by atoms with Crippen molar-refractivity contribution in [1.82, 2.24) is 10.3 Å². The minimum Gasteiger partial charge on any atom is -0.442 e. The second-order valence-electron chi connectivity index (χ2n) is 4.98. The smallest absolute Gasteiger partial charge is 0.414 e. The molecule has 110 valence electrons. The van der Waals surface area contributed by atoms with Gasteiger partial charge < -0.3 is 10.1 Å². The van der Waals surface area contributed by atoms with Crippen LogP contribution in [0, 0.1) is 6.92 Å². The minimum atomic E-state index is -0.384. The van der Waals surface area contributed by atoms with Crippen molar-refractivity contribution in [2.45, 2.75) is 20.0 Å². The van der Waals surface area contributed by atoms with Crippen molar-refractivity contribution in [2.24, 2.45) is 0 Å². The number of aromatic nitrogens is 1. The van der Waals surface area contributed by atoms with Gasteiger partial charge in [0.15, 0.2) is 0 Å². The average molecular weight is 305 g/mol. The Kier molecular flexibility index (Phi) is 3.50. The first-order valence-electron chi connectivity index (χ1n) is 6.62. The number of hydrogen-bond acceptors (Lipinski definition) is 5. The Hall–Kier alpha value is -2.15. The molecule has 2 amide bonds. The van der Waals surface area contributed by atoms with Gasteiger partial charge in [0.25, 0.3) is 0 Å². The summed E-state index contributed by atoms with van der Waals surface area (Å²) >= 11 is 1.51. The van der Waals surface area contributed by atoms with Crippen molar-refractivity contribution in [3.05, 3.63) is 23.2 Å². The molecule has 1 saturated heterocycles. The Morgan fingerprint density at radius 2 is 2.38 bits per heavy atom. The highest BCUT2D eigenvalue weighted by Gasteiger charge is 2.33. The van der Waals surface area contributed by atoms with Gasteiger partial charge in [0.2, 0.25) is 5.91 Å². The van der Waals surface area contributed by atoms with Crippen LogP contribution in [0.15, 0.2) is 17.5 Å². The van der Waals surface area contributed by atoms with E-state index in [4.69, 9.17) is 4.74 Å². The van der Waals surface area contributed by atoms with Crippen molar-refractivity contribution in [2.75, 3.05) is 18.0 Å². The highest BCUT2D eigenvalue weighted by atomic mass is 32.1. The summed E-state index contributed by atoms with van der Waals surface area (Å²) in [6.07, 6.45) is -0.708. The van der Waals surface area contributed by atoms with E-state index < -0.39 is 0 Å². The standard InChI is InChI=1S/C14H15N3O3S/c1-8-3-4-11-12(7-21-13(11)16-8)17-6-10(20-14(17)19)5-15-9(2)18/h3-4,7,10H,5-6H2,1-2H3,(H,15,18)/t10-/m0/s1. The summed E-state index contributed by atoms with van der Waals surface area (Å²) in [7, 11) is 0. The molecule has 0 saturated carbocycles. The zero-order valence-corrected chi connectivity index (χ0v) is 12.6. The number of cyclic esters (lactones) is 1. The molecule has 0 unspecified atom stereocenters. The van der Waals surface area contributed by atoms with Crippen LogP contribution in [0.3, 0.4) is 0 Å². The third-order valence-electron chi connectivity index (χ3n) is 3.30. The molecule has 1 N–H and O–H groups in total.